The summed E-state index contributed by atoms with van der Waals surface area (Å²) in [5.74, 6) is 1.55. The van der Waals surface area contributed by atoms with Crippen molar-refractivity contribution in [3.05, 3.63) is 187 Å². The Morgan fingerprint density at radius 2 is 1.23 bits per heavy atom. The Labute approximate surface area is 389 Å². The van der Waals surface area contributed by atoms with Crippen LogP contribution in [0.1, 0.15) is 64.8 Å². The Morgan fingerprint density at radius 3 is 1.98 bits per heavy atom. The maximum absolute atomic E-state index is 8.86. The van der Waals surface area contributed by atoms with Gasteiger partial charge in [-0.25, -0.2) is 4.98 Å². The van der Waals surface area contributed by atoms with Gasteiger partial charge in [-0.1, -0.05) is 150 Å². The minimum atomic E-state index is -3.54. The van der Waals surface area contributed by atoms with Gasteiger partial charge in [0.05, 0.1) is 16.7 Å². The Bertz CT molecular complexity index is 3690. The molecular weight excluding hydrogens is 940 g/mol. The number of rotatable bonds is 4. The Hall–Kier alpha value is -6.55. The fourth-order valence-corrected chi connectivity index (χ4v) is 8.85. The minimum absolute atomic E-state index is 0. The maximum Gasteiger partial charge on any atom is 0.268 e. The number of hydrogen-bond acceptors (Lipinski definition) is 2. The van der Waals surface area contributed by atoms with E-state index < -0.39 is 26.0 Å². The fourth-order valence-electron chi connectivity index (χ4n) is 8.85. The van der Waals surface area contributed by atoms with Gasteiger partial charge in [0.1, 0.15) is 5.82 Å². The van der Waals surface area contributed by atoms with Crippen molar-refractivity contribution in [1.82, 2.24) is 14.1 Å². The van der Waals surface area contributed by atoms with Crippen molar-refractivity contribution in [2.75, 3.05) is 0 Å². The van der Waals surface area contributed by atoms with Crippen LogP contribution in [0.4, 0.5) is 0 Å². The van der Waals surface area contributed by atoms with Gasteiger partial charge in [0.25, 0.3) is 6.33 Å². The predicted molar refractivity (Wildman–Crippen MR) is 247 cm³/mol. The molecule has 0 amide bonds. The average molecular weight is 993 g/mol. The molecule has 10 aromatic rings. The number of para-hydroxylation sites is 3. The van der Waals surface area contributed by atoms with Crippen LogP contribution in [0.25, 0.3) is 83.4 Å². The van der Waals surface area contributed by atoms with E-state index in [1.54, 1.807) is 21.3 Å². The van der Waals surface area contributed by atoms with Crippen LogP contribution in [-0.4, -0.2) is 14.1 Å². The molecule has 0 saturated carbocycles. The minimum Gasteiger partial charge on any atom is -0.510 e. The first-order valence-corrected chi connectivity index (χ1v) is 20.2. The van der Waals surface area contributed by atoms with Crippen LogP contribution in [0.5, 0.6) is 11.5 Å². The van der Waals surface area contributed by atoms with Gasteiger partial charge in [-0.3, -0.25) is 4.57 Å². The Morgan fingerprint density at radius 1 is 0.597 bits per heavy atom. The number of fused-ring (bicyclic) bond motifs is 10. The normalized spacial score (nSPS) is 15.0. The van der Waals surface area contributed by atoms with Crippen LogP contribution < -0.4 is 9.30 Å². The fraction of sp³-hybridized carbons (Fsp3) is 0.143. The summed E-state index contributed by atoms with van der Waals surface area (Å²) in [5, 5.41) is 2.03. The van der Waals surface area contributed by atoms with Crippen LogP contribution in [0, 0.1) is 18.5 Å². The van der Waals surface area contributed by atoms with Gasteiger partial charge in [0, 0.05) is 56.6 Å². The third kappa shape index (κ3) is 6.41. The number of pyridine rings is 1. The molecular formula is C56H44N4OPt-2. The molecule has 0 N–H and O–H groups in total. The van der Waals surface area contributed by atoms with E-state index in [2.05, 4.69) is 62.0 Å². The molecule has 0 bridgehead atoms. The number of aromatic nitrogens is 4. The van der Waals surface area contributed by atoms with Crippen molar-refractivity contribution < 1.29 is 42.7 Å². The second kappa shape index (κ2) is 14.8. The third-order valence-corrected chi connectivity index (χ3v) is 11.7. The van der Waals surface area contributed by atoms with E-state index in [1.165, 1.54) is 12.1 Å². The first-order chi connectivity index (χ1) is 33.3. The van der Waals surface area contributed by atoms with Gasteiger partial charge >= 0.3 is 0 Å². The van der Waals surface area contributed by atoms with E-state index in [0.29, 0.717) is 39.3 Å². The van der Waals surface area contributed by atoms with Gasteiger partial charge in [-0.05, 0) is 84.6 Å². The zero-order chi connectivity index (χ0) is 49.1. The van der Waals surface area contributed by atoms with Crippen molar-refractivity contribution in [2.24, 2.45) is 0 Å². The molecule has 1 aliphatic heterocycles. The van der Waals surface area contributed by atoms with Crippen LogP contribution >= 0.6 is 0 Å². The van der Waals surface area contributed by atoms with Crippen LogP contribution in [-0.2, 0) is 31.9 Å². The van der Waals surface area contributed by atoms with Crippen molar-refractivity contribution in [2.45, 2.75) is 52.2 Å². The van der Waals surface area contributed by atoms with Crippen LogP contribution in [0.2, 0.25) is 0 Å². The third-order valence-electron chi connectivity index (χ3n) is 11.7. The van der Waals surface area contributed by atoms with Gasteiger partial charge in [0.2, 0.25) is 0 Å². The molecule has 0 saturated heterocycles. The average Bonchev–Trinajstić information content (AvgIpc) is 3.87. The van der Waals surface area contributed by atoms with E-state index >= 15 is 0 Å². The van der Waals surface area contributed by atoms with E-state index in [4.69, 9.17) is 22.1 Å². The molecule has 0 spiro atoms. The number of ether oxygens (including phenoxy) is 1. The summed E-state index contributed by atoms with van der Waals surface area (Å²) in [6.45, 7) is -4.10. The Kier molecular flexibility index (Phi) is 7.28. The Balaban J connectivity index is 0.00000582. The van der Waals surface area contributed by atoms with Gasteiger partial charge in [0.15, 0.2) is 0 Å². The standard InChI is InChI=1S/C56H44N4O.Pt/c1-55(2,3)36-30-31-57-52(32-36)60-49-26-12-11-22-44(49)45-29-28-39(34-51(45)60)61-38-17-13-16-37(33-38)58-35-59-53-46(23-14-25-48(53)56(4,5)6)42-20-9-7-18-40(42)41-19-8-10-21-43(41)47-24-15-27-50(58)54(47)59;/h7-32H,1-6H3;/q-2;/i4D3,5D3,6D3;. The summed E-state index contributed by atoms with van der Waals surface area (Å²) < 4.78 is 91.9. The van der Waals surface area contributed by atoms with Crippen molar-refractivity contribution in [3.63, 3.8) is 0 Å². The summed E-state index contributed by atoms with van der Waals surface area (Å²) >= 11 is 0. The summed E-state index contributed by atoms with van der Waals surface area (Å²) in [4.78, 5) is 4.81. The number of hydrogen-bond donors (Lipinski definition) is 0. The largest absolute Gasteiger partial charge is 0.510 e. The molecule has 3 aromatic heterocycles. The summed E-state index contributed by atoms with van der Waals surface area (Å²) in [6.07, 6.45) is 5.31. The molecule has 62 heavy (non-hydrogen) atoms. The smallest absolute Gasteiger partial charge is 0.268 e. The maximum atomic E-state index is 8.86. The zero-order valence-electron chi connectivity index (χ0n) is 43.0. The monoisotopic (exact) mass is 992 g/mol. The molecule has 0 atom stereocenters. The molecule has 5 nitrogen and oxygen atoms in total. The quantitative estimate of drug-likeness (QED) is 0.130. The molecule has 1 aliphatic rings. The van der Waals surface area contributed by atoms with Gasteiger partial charge in [-0.15, -0.1) is 29.7 Å². The van der Waals surface area contributed by atoms with Gasteiger partial charge < -0.3 is 13.9 Å². The molecule has 7 aromatic carbocycles. The number of benzene rings is 7. The molecule has 6 heteroatoms. The molecule has 0 aliphatic carbocycles. The van der Waals surface area contributed by atoms with E-state index in [9.17, 15) is 0 Å². The molecule has 4 heterocycles. The van der Waals surface area contributed by atoms with Crippen molar-refractivity contribution >= 4 is 32.8 Å². The van der Waals surface area contributed by atoms with Crippen molar-refractivity contribution in [1.29, 1.82) is 0 Å². The van der Waals surface area contributed by atoms with E-state index in [0.717, 1.165) is 55.4 Å². The zero-order valence-corrected chi connectivity index (χ0v) is 36.3. The first-order valence-electron chi connectivity index (χ1n) is 24.7. The molecule has 11 rings (SSSR count). The predicted octanol–water partition coefficient (Wildman–Crippen LogP) is 13.5. The van der Waals surface area contributed by atoms with Gasteiger partial charge in [-0.2, -0.15) is 18.2 Å². The molecule has 0 unspecified atom stereocenters. The van der Waals surface area contributed by atoms with Crippen LogP contribution in [0.15, 0.2) is 158 Å². The number of nitrogens with zero attached hydrogens (tertiary/aromatic N) is 4. The van der Waals surface area contributed by atoms with Crippen LogP contribution in [0.3, 0.4) is 0 Å². The summed E-state index contributed by atoms with van der Waals surface area (Å²) in [7, 11) is 0. The second-order valence-corrected chi connectivity index (χ2v) is 16.6. The second-order valence-electron chi connectivity index (χ2n) is 16.6. The number of imidazole rings is 1. The molecule has 0 radical (unpaired) electrons. The molecule has 306 valence electrons. The molecule has 0 fully saturated rings. The summed E-state index contributed by atoms with van der Waals surface area (Å²) in [6, 6.07) is 54.4. The van der Waals surface area contributed by atoms with E-state index in [1.807, 2.05) is 115 Å². The first kappa shape index (κ1) is 30.5. The topological polar surface area (TPSA) is 35.9 Å². The summed E-state index contributed by atoms with van der Waals surface area (Å²) in [5.41, 5.74) is 5.02. The van der Waals surface area contributed by atoms with Crippen molar-refractivity contribution in [3.8, 4) is 62.1 Å². The van der Waals surface area contributed by atoms with E-state index in [-0.39, 0.29) is 37.7 Å². The SMILES string of the molecule is [2H]C([2H])([2H])C(c1cccc2c1-[n+]1[c-]n(-c3[c-]c(Oc4[c-]c5c(cc4)c4ccccc4n5-c4cc(C(C)(C)C)ccn4)ccc3)c3cccc(c31)-c1ccccc1-c1ccccc1-2)(C([2H])([2H])[2H])C([2H])([2H])[2H].[Pt].